The number of hydrogen-bond donors (Lipinski definition) is 11. The van der Waals surface area contributed by atoms with Gasteiger partial charge in [0.15, 0.2) is 17.7 Å². The topological polar surface area (TPSA) is 367 Å². The number of aromatic amines is 1. The number of H-pyrrole nitrogens is 1. The van der Waals surface area contributed by atoms with Crippen LogP contribution in [0.3, 0.4) is 0 Å². The Labute approximate surface area is 407 Å². The van der Waals surface area contributed by atoms with Gasteiger partial charge < -0.3 is 71.7 Å². The molecule has 11 N–H and O–H groups in total. The molecule has 0 unspecified atom stereocenters. The zero-order valence-corrected chi connectivity index (χ0v) is 40.1. The maximum atomic E-state index is 13.8. The quantitative estimate of drug-likeness (QED) is 0.0450. The van der Waals surface area contributed by atoms with Crippen molar-refractivity contribution in [3.8, 4) is 0 Å². The first-order valence-corrected chi connectivity index (χ1v) is 22.9. The molecule has 1 aromatic carbocycles. The van der Waals surface area contributed by atoms with E-state index in [1.807, 2.05) is 0 Å². The van der Waals surface area contributed by atoms with Crippen molar-refractivity contribution >= 4 is 70.3 Å². The summed E-state index contributed by atoms with van der Waals surface area (Å²) < 4.78 is 16.5. The Kier molecular flexibility index (Phi) is 19.3. The van der Waals surface area contributed by atoms with Gasteiger partial charge >= 0.3 is 12.2 Å². The Bertz CT molecular complexity index is 2390. The number of benzene rings is 1. The standard InChI is InChI=1S/C45H62N12O14/c1-23(2)32(54-29(59)16-18-57-30(60)14-15-31(57)61)41(66)51-24(3)39(64)52-26-12-10-25(11-13-26)20-69-44(68)53-27(9-7-8-17-46-43(67)71-45(4,5)6)40(65)55-33-28(19-58)70-42(36(63)35(33)62)56-38-34-37(48-21-47-34)49-22-50-38/h10-15,21-24,27-28,32-33,35-36,42,58,62-63H,7-9,16-20H2,1-6H3,(H,46,67)(H,51,66)(H,52,64)(H,53,68)(H,54,59)(H,55,65)(H2,47,48,49,50,56)/t24-,27-,28-,32-,33-,35+,36-,42-/m0/s1. The predicted octanol–water partition coefficient (Wildman–Crippen LogP) is -0.422. The molecule has 1 fully saturated rings. The number of nitrogens with one attached hydrogen (secondary N) is 8. The van der Waals surface area contributed by atoms with Crippen molar-refractivity contribution in [3.63, 3.8) is 0 Å². The lowest BCUT2D eigenvalue weighted by Gasteiger charge is -2.43. The van der Waals surface area contributed by atoms with E-state index in [0.717, 1.165) is 17.1 Å². The fourth-order valence-electron chi connectivity index (χ4n) is 7.22. The third-order valence-corrected chi connectivity index (χ3v) is 11.0. The molecule has 0 saturated carbocycles. The number of aromatic nitrogens is 4. The number of imidazole rings is 1. The number of unbranched alkanes of at least 4 members (excludes halogenated alkanes) is 1. The van der Waals surface area contributed by atoms with Crippen LogP contribution in [-0.4, -0.2) is 162 Å². The van der Waals surface area contributed by atoms with Crippen LogP contribution in [0.25, 0.3) is 11.2 Å². The van der Waals surface area contributed by atoms with E-state index in [0.29, 0.717) is 35.3 Å². The van der Waals surface area contributed by atoms with Gasteiger partial charge in [-0.3, -0.25) is 33.7 Å². The van der Waals surface area contributed by atoms with E-state index in [2.05, 4.69) is 57.2 Å². The number of nitrogens with zero attached hydrogens (tertiary/aromatic N) is 4. The summed E-state index contributed by atoms with van der Waals surface area (Å²) in [5, 5.41) is 51.0. The van der Waals surface area contributed by atoms with Crippen LogP contribution in [-0.2, 0) is 49.6 Å². The zero-order valence-electron chi connectivity index (χ0n) is 40.1. The molecule has 386 valence electrons. The summed E-state index contributed by atoms with van der Waals surface area (Å²) in [4.78, 5) is 118. The van der Waals surface area contributed by atoms with Crippen molar-refractivity contribution in [2.75, 3.05) is 30.3 Å². The van der Waals surface area contributed by atoms with E-state index >= 15 is 0 Å². The number of aliphatic hydroxyl groups is 3. The second kappa shape index (κ2) is 25.0. The van der Waals surface area contributed by atoms with Crippen molar-refractivity contribution in [1.29, 1.82) is 0 Å². The molecule has 1 saturated heterocycles. The molecule has 8 atom stereocenters. The van der Waals surface area contributed by atoms with Crippen LogP contribution in [0.1, 0.15) is 72.8 Å². The molecule has 71 heavy (non-hydrogen) atoms. The number of amides is 8. The minimum Gasteiger partial charge on any atom is -0.445 e. The maximum Gasteiger partial charge on any atom is 0.408 e. The highest BCUT2D eigenvalue weighted by atomic mass is 16.6. The monoisotopic (exact) mass is 994 g/mol. The largest absolute Gasteiger partial charge is 0.445 e. The number of carbonyl (C=O) groups excluding carboxylic acids is 8. The Morgan fingerprint density at radius 1 is 0.873 bits per heavy atom. The SMILES string of the molecule is CC(C)[C@H](NC(=O)CCN1C(=O)C=CC1=O)C(=O)N[C@@H](C)C(=O)Nc1ccc(COC(=O)N[C@@H](CCCCNC(=O)OC(C)(C)C)C(=O)N[C@@H]2[C@@H](O)[C@H](O)[C@@H](Nc3ncnc4nc[nH]c34)O[C@H]2CO)cc1. The number of fused-ring (bicyclic) bond motifs is 1. The van der Waals surface area contributed by atoms with Gasteiger partial charge in [-0.2, -0.15) is 0 Å². The highest BCUT2D eigenvalue weighted by Crippen LogP contribution is 2.25. The lowest BCUT2D eigenvalue weighted by atomic mass is 9.94. The molecule has 5 rings (SSSR count). The Hall–Kier alpha value is -7.29. The Morgan fingerprint density at radius 2 is 1.58 bits per heavy atom. The molecule has 0 bridgehead atoms. The number of ether oxygens (including phenoxy) is 3. The number of carbonyl (C=O) groups is 8. The molecule has 8 amide bonds. The van der Waals surface area contributed by atoms with Gasteiger partial charge in [0.1, 0.15) is 60.5 Å². The minimum atomic E-state index is -1.68. The number of alkyl carbamates (subject to hydrolysis) is 2. The zero-order chi connectivity index (χ0) is 52.0. The number of aliphatic hydroxyl groups excluding tert-OH is 3. The van der Waals surface area contributed by atoms with Crippen molar-refractivity contribution < 1.29 is 67.9 Å². The lowest BCUT2D eigenvalue weighted by Crippen LogP contribution is -2.67. The first-order chi connectivity index (χ1) is 33.6. The second-order valence-electron chi connectivity index (χ2n) is 18.1. The van der Waals surface area contributed by atoms with Gasteiger partial charge in [0.25, 0.3) is 11.8 Å². The van der Waals surface area contributed by atoms with Gasteiger partial charge in [-0.25, -0.2) is 24.5 Å². The minimum absolute atomic E-state index is 0.0222. The summed E-state index contributed by atoms with van der Waals surface area (Å²) in [5.41, 5.74) is 0.813. The van der Waals surface area contributed by atoms with Crippen LogP contribution in [0.5, 0.6) is 0 Å². The van der Waals surface area contributed by atoms with E-state index < -0.39 is 109 Å². The van der Waals surface area contributed by atoms with Crippen LogP contribution in [0.15, 0.2) is 49.1 Å². The molecule has 2 aliphatic heterocycles. The van der Waals surface area contributed by atoms with Crippen molar-refractivity contribution in [2.45, 2.75) is 128 Å². The molecule has 2 aliphatic rings. The summed E-state index contributed by atoms with van der Waals surface area (Å²) in [6.07, 6.45) is -2.22. The Balaban J connectivity index is 1.13. The fraction of sp³-hybridized carbons (Fsp3) is 0.533. The van der Waals surface area contributed by atoms with Crippen LogP contribution >= 0.6 is 0 Å². The first-order valence-electron chi connectivity index (χ1n) is 22.9. The van der Waals surface area contributed by atoms with Gasteiger partial charge in [0, 0.05) is 37.3 Å². The van der Waals surface area contributed by atoms with Gasteiger partial charge in [-0.05, 0) is 70.6 Å². The van der Waals surface area contributed by atoms with E-state index in [1.165, 1.54) is 31.7 Å². The summed E-state index contributed by atoms with van der Waals surface area (Å²) in [5.74, 6) is -3.84. The molecular formula is C45H62N12O14. The normalized spacial score (nSPS) is 20.1. The predicted molar refractivity (Wildman–Crippen MR) is 250 cm³/mol. The second-order valence-corrected chi connectivity index (χ2v) is 18.1. The number of anilines is 2. The van der Waals surface area contributed by atoms with E-state index in [-0.39, 0.29) is 44.3 Å². The maximum absolute atomic E-state index is 13.8. The molecule has 26 nitrogen and oxygen atoms in total. The third kappa shape index (κ3) is 15.9. The number of hydrogen-bond acceptors (Lipinski definition) is 18. The average molecular weight is 995 g/mol. The summed E-state index contributed by atoms with van der Waals surface area (Å²) in [6, 6.07) is 1.49. The highest BCUT2D eigenvalue weighted by Gasteiger charge is 2.46. The van der Waals surface area contributed by atoms with E-state index in [4.69, 9.17) is 14.2 Å². The number of imide groups is 1. The van der Waals surface area contributed by atoms with Gasteiger partial charge in [-0.15, -0.1) is 0 Å². The summed E-state index contributed by atoms with van der Waals surface area (Å²) in [6.45, 7) is 9.06. The van der Waals surface area contributed by atoms with Crippen LogP contribution in [0.4, 0.5) is 21.1 Å². The van der Waals surface area contributed by atoms with Crippen molar-refractivity contribution in [1.82, 2.24) is 51.4 Å². The Morgan fingerprint density at radius 3 is 2.24 bits per heavy atom. The van der Waals surface area contributed by atoms with Crippen molar-refractivity contribution in [2.24, 2.45) is 5.92 Å². The molecule has 26 heteroatoms. The third-order valence-electron chi connectivity index (χ3n) is 11.0. The van der Waals surface area contributed by atoms with Crippen molar-refractivity contribution in [3.05, 3.63) is 54.6 Å². The molecular weight excluding hydrogens is 933 g/mol. The van der Waals surface area contributed by atoms with Crippen LogP contribution < -0.4 is 37.2 Å². The highest BCUT2D eigenvalue weighted by molar-refractivity contribution is 6.13. The molecule has 0 spiro atoms. The smallest absolute Gasteiger partial charge is 0.408 e. The summed E-state index contributed by atoms with van der Waals surface area (Å²) in [7, 11) is 0. The lowest BCUT2D eigenvalue weighted by molar-refractivity contribution is -0.185. The van der Waals surface area contributed by atoms with Crippen LogP contribution in [0.2, 0.25) is 0 Å². The molecule has 3 aromatic rings. The number of rotatable bonds is 22. The van der Waals surface area contributed by atoms with Crippen LogP contribution in [0, 0.1) is 5.92 Å². The molecule has 0 radical (unpaired) electrons. The average Bonchev–Trinajstić information content (AvgIpc) is 3.93. The fourth-order valence-corrected chi connectivity index (χ4v) is 7.22. The van der Waals surface area contributed by atoms with E-state index in [1.54, 1.807) is 46.8 Å². The summed E-state index contributed by atoms with van der Waals surface area (Å²) >= 11 is 0. The van der Waals surface area contributed by atoms with Gasteiger partial charge in [0.2, 0.25) is 23.6 Å². The molecule has 2 aromatic heterocycles. The first kappa shape index (κ1) is 54.6. The molecule has 4 heterocycles. The molecule has 0 aliphatic carbocycles. The van der Waals surface area contributed by atoms with E-state index in [9.17, 15) is 53.7 Å². The van der Waals surface area contributed by atoms with Gasteiger partial charge in [-0.1, -0.05) is 26.0 Å². The van der Waals surface area contributed by atoms with Gasteiger partial charge in [0.05, 0.1) is 19.0 Å².